The zero-order valence-corrected chi connectivity index (χ0v) is 7.97. The van der Waals surface area contributed by atoms with Gasteiger partial charge in [-0.25, -0.2) is 0 Å². The van der Waals surface area contributed by atoms with Crippen molar-refractivity contribution in [3.8, 4) is 0 Å². The summed E-state index contributed by atoms with van der Waals surface area (Å²) in [5.41, 5.74) is 0.842. The van der Waals surface area contributed by atoms with Gasteiger partial charge in [-0.2, -0.15) is 0 Å². The molecule has 0 spiro atoms. The van der Waals surface area contributed by atoms with Crippen LogP contribution in [0.2, 0.25) is 0 Å². The molecular weight excluding hydrogens is 180 g/mol. The predicted octanol–water partition coefficient (Wildman–Crippen LogP) is 1.88. The fourth-order valence-electron chi connectivity index (χ4n) is 1.24. The molecule has 3 nitrogen and oxygen atoms in total. The van der Waals surface area contributed by atoms with E-state index in [2.05, 4.69) is 0 Å². The molecule has 0 fully saturated rings. The van der Waals surface area contributed by atoms with Gasteiger partial charge in [0.2, 0.25) is 0 Å². The Balaban J connectivity index is 2.77. The SMILES string of the molecule is CC(=O)CC(OC=O)c1ccccc1. The Labute approximate surface area is 82.7 Å². The number of ketones is 1. The van der Waals surface area contributed by atoms with Crippen molar-refractivity contribution in [3.63, 3.8) is 0 Å². The van der Waals surface area contributed by atoms with E-state index in [1.807, 2.05) is 30.3 Å². The highest BCUT2D eigenvalue weighted by atomic mass is 16.5. The summed E-state index contributed by atoms with van der Waals surface area (Å²) in [4.78, 5) is 21.1. The Kier molecular flexibility index (Phi) is 3.85. The minimum atomic E-state index is -0.453. The number of Topliss-reactive ketones (excluding diaryl/α,β-unsaturated/α-hetero) is 1. The third kappa shape index (κ3) is 3.01. The van der Waals surface area contributed by atoms with Gasteiger partial charge < -0.3 is 4.74 Å². The predicted molar refractivity (Wildman–Crippen MR) is 51.6 cm³/mol. The van der Waals surface area contributed by atoms with Gasteiger partial charge in [-0.05, 0) is 12.5 Å². The molecule has 0 amide bonds. The Morgan fingerprint density at radius 3 is 2.57 bits per heavy atom. The first-order valence-electron chi connectivity index (χ1n) is 4.37. The maximum absolute atomic E-state index is 10.9. The molecule has 0 N–H and O–H groups in total. The van der Waals surface area contributed by atoms with Crippen LogP contribution in [-0.2, 0) is 14.3 Å². The summed E-state index contributed by atoms with van der Waals surface area (Å²) >= 11 is 0. The smallest absolute Gasteiger partial charge is 0.293 e. The summed E-state index contributed by atoms with van der Waals surface area (Å²) < 4.78 is 4.84. The molecule has 1 aromatic rings. The summed E-state index contributed by atoms with van der Waals surface area (Å²) in [5.74, 6) is 0.000651. The Morgan fingerprint density at radius 1 is 1.43 bits per heavy atom. The Morgan fingerprint density at radius 2 is 2.07 bits per heavy atom. The number of benzene rings is 1. The topological polar surface area (TPSA) is 43.4 Å². The van der Waals surface area contributed by atoms with Crippen LogP contribution < -0.4 is 0 Å². The van der Waals surface area contributed by atoms with Crippen LogP contribution in [0, 0.1) is 0 Å². The van der Waals surface area contributed by atoms with Crippen molar-refractivity contribution >= 4 is 12.3 Å². The largest absolute Gasteiger partial charge is 0.459 e. The lowest BCUT2D eigenvalue weighted by Gasteiger charge is -2.13. The molecule has 1 unspecified atom stereocenters. The van der Waals surface area contributed by atoms with Crippen LogP contribution in [0.3, 0.4) is 0 Å². The number of ether oxygens (including phenoxy) is 1. The van der Waals surface area contributed by atoms with Crippen molar-refractivity contribution in [3.05, 3.63) is 35.9 Å². The highest BCUT2D eigenvalue weighted by Gasteiger charge is 2.13. The molecule has 0 saturated carbocycles. The standard InChI is InChI=1S/C11H12O3/c1-9(13)7-11(14-8-12)10-5-3-2-4-6-10/h2-6,8,11H,7H2,1H3. The molecule has 0 aliphatic rings. The molecule has 0 heterocycles. The Bertz CT molecular complexity index is 306. The molecular formula is C11H12O3. The first-order chi connectivity index (χ1) is 6.74. The molecule has 0 aliphatic heterocycles. The van der Waals surface area contributed by atoms with E-state index in [9.17, 15) is 9.59 Å². The van der Waals surface area contributed by atoms with Crippen LogP contribution in [0.15, 0.2) is 30.3 Å². The normalized spacial score (nSPS) is 11.8. The number of hydrogen-bond acceptors (Lipinski definition) is 3. The van der Waals surface area contributed by atoms with Gasteiger partial charge in [-0.1, -0.05) is 30.3 Å². The van der Waals surface area contributed by atoms with Gasteiger partial charge >= 0.3 is 0 Å². The van der Waals surface area contributed by atoms with Crippen LogP contribution in [0.1, 0.15) is 25.0 Å². The van der Waals surface area contributed by atoms with Crippen molar-refractivity contribution in [1.29, 1.82) is 0 Å². The highest BCUT2D eigenvalue weighted by Crippen LogP contribution is 2.20. The van der Waals surface area contributed by atoms with Crippen LogP contribution in [0.25, 0.3) is 0 Å². The van der Waals surface area contributed by atoms with Gasteiger partial charge in [0.15, 0.2) is 0 Å². The van der Waals surface area contributed by atoms with Crippen LogP contribution >= 0.6 is 0 Å². The summed E-state index contributed by atoms with van der Waals surface area (Å²) in [7, 11) is 0. The molecule has 0 saturated heterocycles. The maximum Gasteiger partial charge on any atom is 0.293 e. The van der Waals surface area contributed by atoms with Gasteiger partial charge in [0.25, 0.3) is 6.47 Å². The summed E-state index contributed by atoms with van der Waals surface area (Å²) in [6.07, 6.45) is -0.228. The number of carbonyl (C=O) groups excluding carboxylic acids is 2. The van der Waals surface area contributed by atoms with E-state index in [4.69, 9.17) is 4.74 Å². The second kappa shape index (κ2) is 5.17. The van der Waals surface area contributed by atoms with Crippen molar-refractivity contribution in [2.24, 2.45) is 0 Å². The molecule has 1 atom stereocenters. The summed E-state index contributed by atoms with van der Waals surface area (Å²) in [6.45, 7) is 1.85. The van der Waals surface area contributed by atoms with Crippen molar-refractivity contribution < 1.29 is 14.3 Å². The van der Waals surface area contributed by atoms with Crippen LogP contribution in [0.4, 0.5) is 0 Å². The second-order valence-corrected chi connectivity index (χ2v) is 3.04. The van der Waals surface area contributed by atoms with Crippen molar-refractivity contribution in [1.82, 2.24) is 0 Å². The van der Waals surface area contributed by atoms with E-state index in [0.717, 1.165) is 5.56 Å². The molecule has 0 aromatic heterocycles. The average Bonchev–Trinajstić information content (AvgIpc) is 2.18. The number of carbonyl (C=O) groups is 2. The summed E-state index contributed by atoms with van der Waals surface area (Å²) in [5, 5.41) is 0. The lowest BCUT2D eigenvalue weighted by atomic mass is 10.1. The lowest BCUT2D eigenvalue weighted by Crippen LogP contribution is -2.07. The van der Waals surface area contributed by atoms with E-state index in [1.165, 1.54) is 6.92 Å². The quantitative estimate of drug-likeness (QED) is 0.669. The monoisotopic (exact) mass is 192 g/mol. The van der Waals surface area contributed by atoms with Crippen molar-refractivity contribution in [2.75, 3.05) is 0 Å². The molecule has 3 heteroatoms. The van der Waals surface area contributed by atoms with E-state index in [0.29, 0.717) is 6.47 Å². The molecule has 1 aromatic carbocycles. The summed E-state index contributed by atoms with van der Waals surface area (Å²) in [6, 6.07) is 9.22. The van der Waals surface area contributed by atoms with E-state index >= 15 is 0 Å². The van der Waals surface area contributed by atoms with Gasteiger partial charge in [-0.3, -0.25) is 9.59 Å². The van der Waals surface area contributed by atoms with E-state index in [1.54, 1.807) is 0 Å². The number of hydrogen-bond donors (Lipinski definition) is 0. The molecule has 0 aliphatic carbocycles. The Hall–Kier alpha value is -1.64. The number of rotatable bonds is 5. The van der Waals surface area contributed by atoms with Crippen LogP contribution in [-0.4, -0.2) is 12.3 Å². The highest BCUT2D eigenvalue weighted by molar-refractivity contribution is 5.76. The zero-order valence-electron chi connectivity index (χ0n) is 7.97. The minimum absolute atomic E-state index is 0.000651. The third-order valence-corrected chi connectivity index (χ3v) is 1.86. The molecule has 0 bridgehead atoms. The van der Waals surface area contributed by atoms with E-state index in [-0.39, 0.29) is 12.2 Å². The molecule has 14 heavy (non-hydrogen) atoms. The fraction of sp³-hybridized carbons (Fsp3) is 0.273. The third-order valence-electron chi connectivity index (χ3n) is 1.86. The van der Waals surface area contributed by atoms with Crippen LogP contribution in [0.5, 0.6) is 0 Å². The van der Waals surface area contributed by atoms with E-state index < -0.39 is 6.10 Å². The first kappa shape index (κ1) is 10.4. The second-order valence-electron chi connectivity index (χ2n) is 3.04. The van der Waals surface area contributed by atoms with Gasteiger partial charge in [-0.15, -0.1) is 0 Å². The zero-order chi connectivity index (χ0) is 10.4. The minimum Gasteiger partial charge on any atom is -0.459 e. The molecule has 74 valence electrons. The first-order valence-corrected chi connectivity index (χ1v) is 4.37. The van der Waals surface area contributed by atoms with Gasteiger partial charge in [0.1, 0.15) is 11.9 Å². The molecule has 0 radical (unpaired) electrons. The maximum atomic E-state index is 10.9. The fourth-order valence-corrected chi connectivity index (χ4v) is 1.24. The lowest BCUT2D eigenvalue weighted by molar-refractivity contribution is -0.135. The van der Waals surface area contributed by atoms with Gasteiger partial charge in [0.05, 0.1) is 0 Å². The van der Waals surface area contributed by atoms with Crippen molar-refractivity contribution in [2.45, 2.75) is 19.4 Å². The van der Waals surface area contributed by atoms with Gasteiger partial charge in [0, 0.05) is 6.42 Å². The molecule has 1 rings (SSSR count). The average molecular weight is 192 g/mol.